The maximum absolute atomic E-state index is 12.0. The monoisotopic (exact) mass is 350 g/mol. The van der Waals surface area contributed by atoms with Crippen molar-refractivity contribution in [1.29, 1.82) is 0 Å². The van der Waals surface area contributed by atoms with Crippen molar-refractivity contribution in [3.8, 4) is 11.4 Å². The minimum absolute atomic E-state index is 0.208. The molecule has 0 saturated heterocycles. The summed E-state index contributed by atoms with van der Waals surface area (Å²) in [4.78, 5) is 25.0. The zero-order valence-corrected chi connectivity index (χ0v) is 14.5. The number of hydrogen-bond donors (Lipinski definition) is 0. The lowest BCUT2D eigenvalue weighted by Crippen LogP contribution is -2.19. The Morgan fingerprint density at radius 3 is 2.23 bits per heavy atom. The van der Waals surface area contributed by atoms with Crippen LogP contribution in [0.25, 0.3) is 11.4 Å². The lowest BCUT2D eigenvalue weighted by Gasteiger charge is -2.04. The standard InChI is InChI=1S/C19H18N4O3/c1-13-3-7-15(8-4-13)17(24)12-26-18(25)11-23-21-19(20-22-23)16-9-5-14(2)6-10-16/h3-10H,11-12H2,1-2H3. The SMILES string of the molecule is Cc1ccc(C(=O)COC(=O)Cn2nnc(-c3ccc(C)cc3)n2)cc1. The highest BCUT2D eigenvalue weighted by Gasteiger charge is 2.13. The lowest BCUT2D eigenvalue weighted by molar-refractivity contribution is -0.143. The quantitative estimate of drug-likeness (QED) is 0.501. The largest absolute Gasteiger partial charge is 0.456 e. The number of carbonyl (C=O) groups excluding carboxylic acids is 2. The predicted molar refractivity (Wildman–Crippen MR) is 94.5 cm³/mol. The number of aryl methyl sites for hydroxylation is 2. The van der Waals surface area contributed by atoms with Gasteiger partial charge in [-0.05, 0) is 19.1 Å². The van der Waals surface area contributed by atoms with E-state index in [9.17, 15) is 9.59 Å². The lowest BCUT2D eigenvalue weighted by atomic mass is 10.1. The summed E-state index contributed by atoms with van der Waals surface area (Å²) in [6.45, 7) is 3.40. The fourth-order valence-electron chi connectivity index (χ4n) is 2.26. The molecule has 0 spiro atoms. The molecular formula is C19H18N4O3. The van der Waals surface area contributed by atoms with Gasteiger partial charge in [0.05, 0.1) is 0 Å². The molecule has 3 aromatic rings. The van der Waals surface area contributed by atoms with Crippen LogP contribution in [0.3, 0.4) is 0 Å². The minimum Gasteiger partial charge on any atom is -0.456 e. The molecule has 0 aliphatic rings. The summed E-state index contributed by atoms with van der Waals surface area (Å²) in [7, 11) is 0. The Kier molecular flexibility index (Phi) is 5.17. The number of ketones is 1. The molecule has 0 atom stereocenters. The number of hydrogen-bond acceptors (Lipinski definition) is 6. The third-order valence-electron chi connectivity index (χ3n) is 3.77. The third-order valence-corrected chi connectivity index (χ3v) is 3.77. The van der Waals surface area contributed by atoms with Crippen LogP contribution in [0, 0.1) is 13.8 Å². The number of ether oxygens (including phenoxy) is 1. The van der Waals surface area contributed by atoms with Crippen molar-refractivity contribution < 1.29 is 14.3 Å². The minimum atomic E-state index is -0.599. The molecule has 1 aromatic heterocycles. The highest BCUT2D eigenvalue weighted by atomic mass is 16.5. The first-order valence-electron chi connectivity index (χ1n) is 8.11. The van der Waals surface area contributed by atoms with E-state index in [-0.39, 0.29) is 18.9 Å². The second-order valence-electron chi connectivity index (χ2n) is 5.96. The van der Waals surface area contributed by atoms with Crippen molar-refractivity contribution in [3.05, 3.63) is 65.2 Å². The summed E-state index contributed by atoms with van der Waals surface area (Å²) < 4.78 is 5.01. The van der Waals surface area contributed by atoms with E-state index in [1.165, 1.54) is 0 Å². The van der Waals surface area contributed by atoms with E-state index in [1.807, 2.05) is 50.2 Å². The van der Waals surface area contributed by atoms with Crippen LogP contribution in [0.2, 0.25) is 0 Å². The molecule has 0 bridgehead atoms. The van der Waals surface area contributed by atoms with Crippen molar-refractivity contribution in [2.24, 2.45) is 0 Å². The van der Waals surface area contributed by atoms with Crippen LogP contribution in [0.15, 0.2) is 48.5 Å². The number of esters is 1. The normalized spacial score (nSPS) is 10.5. The second kappa shape index (κ2) is 7.69. The number of benzene rings is 2. The van der Waals surface area contributed by atoms with Gasteiger partial charge in [0.15, 0.2) is 18.9 Å². The fraction of sp³-hybridized carbons (Fsp3) is 0.211. The van der Waals surface area contributed by atoms with E-state index < -0.39 is 5.97 Å². The van der Waals surface area contributed by atoms with Crippen molar-refractivity contribution in [2.75, 3.05) is 6.61 Å². The Bertz CT molecular complexity index is 915. The van der Waals surface area contributed by atoms with Gasteiger partial charge < -0.3 is 4.74 Å². The Morgan fingerprint density at radius 1 is 0.962 bits per heavy atom. The molecular weight excluding hydrogens is 332 g/mol. The molecule has 0 N–H and O–H groups in total. The molecule has 26 heavy (non-hydrogen) atoms. The van der Waals surface area contributed by atoms with Gasteiger partial charge in [-0.3, -0.25) is 4.79 Å². The van der Waals surface area contributed by atoms with Crippen molar-refractivity contribution in [2.45, 2.75) is 20.4 Å². The summed E-state index contributed by atoms with van der Waals surface area (Å²) in [6, 6.07) is 14.7. The summed E-state index contributed by atoms with van der Waals surface area (Å²) in [6.07, 6.45) is 0. The number of carbonyl (C=O) groups is 2. The van der Waals surface area contributed by atoms with Crippen LogP contribution >= 0.6 is 0 Å². The fourth-order valence-corrected chi connectivity index (χ4v) is 2.26. The first-order chi connectivity index (χ1) is 12.5. The average Bonchev–Trinajstić information content (AvgIpc) is 3.09. The molecule has 0 aliphatic carbocycles. The van der Waals surface area contributed by atoms with E-state index in [1.54, 1.807) is 12.1 Å². The van der Waals surface area contributed by atoms with Gasteiger partial charge in [0.2, 0.25) is 5.82 Å². The van der Waals surface area contributed by atoms with E-state index in [0.717, 1.165) is 21.5 Å². The number of tetrazole rings is 1. The summed E-state index contributed by atoms with van der Waals surface area (Å²) >= 11 is 0. The van der Waals surface area contributed by atoms with E-state index in [0.29, 0.717) is 11.4 Å². The molecule has 0 radical (unpaired) electrons. The molecule has 7 heteroatoms. The van der Waals surface area contributed by atoms with Gasteiger partial charge in [0.1, 0.15) is 0 Å². The zero-order chi connectivity index (χ0) is 18.5. The Balaban J connectivity index is 1.54. The van der Waals surface area contributed by atoms with Gasteiger partial charge in [-0.2, -0.15) is 4.80 Å². The van der Waals surface area contributed by atoms with E-state index in [2.05, 4.69) is 15.4 Å². The number of nitrogens with zero attached hydrogens (tertiary/aromatic N) is 4. The maximum Gasteiger partial charge on any atom is 0.330 e. The molecule has 0 amide bonds. The van der Waals surface area contributed by atoms with Gasteiger partial charge in [-0.15, -0.1) is 10.2 Å². The Morgan fingerprint density at radius 2 is 1.58 bits per heavy atom. The maximum atomic E-state index is 12.0. The average molecular weight is 350 g/mol. The highest BCUT2D eigenvalue weighted by molar-refractivity contribution is 5.97. The van der Waals surface area contributed by atoms with Crippen LogP contribution in [0.5, 0.6) is 0 Å². The first kappa shape index (κ1) is 17.5. The third kappa shape index (κ3) is 4.38. The number of Topliss-reactive ketones (excluding diaryl/α,β-unsaturated/α-hetero) is 1. The van der Waals surface area contributed by atoms with Gasteiger partial charge in [-0.25, -0.2) is 4.79 Å². The van der Waals surface area contributed by atoms with Crippen LogP contribution < -0.4 is 0 Å². The molecule has 0 unspecified atom stereocenters. The highest BCUT2D eigenvalue weighted by Crippen LogP contribution is 2.13. The van der Waals surface area contributed by atoms with Crippen LogP contribution in [0.4, 0.5) is 0 Å². The van der Waals surface area contributed by atoms with E-state index in [4.69, 9.17) is 4.74 Å². The molecule has 0 saturated carbocycles. The molecule has 7 nitrogen and oxygen atoms in total. The molecule has 1 heterocycles. The van der Waals surface area contributed by atoms with Crippen molar-refractivity contribution in [3.63, 3.8) is 0 Å². The summed E-state index contributed by atoms with van der Waals surface area (Å²) in [5.41, 5.74) is 3.50. The van der Waals surface area contributed by atoms with Gasteiger partial charge in [-0.1, -0.05) is 59.7 Å². The second-order valence-corrected chi connectivity index (χ2v) is 5.96. The topological polar surface area (TPSA) is 87.0 Å². The van der Waals surface area contributed by atoms with Crippen LogP contribution in [-0.4, -0.2) is 38.6 Å². The van der Waals surface area contributed by atoms with Gasteiger partial charge >= 0.3 is 5.97 Å². The summed E-state index contributed by atoms with van der Waals surface area (Å²) in [5.74, 6) is -0.433. The molecule has 3 rings (SSSR count). The number of rotatable bonds is 6. The molecule has 0 aliphatic heterocycles. The van der Waals surface area contributed by atoms with E-state index >= 15 is 0 Å². The molecule has 2 aromatic carbocycles. The Hall–Kier alpha value is -3.35. The zero-order valence-electron chi connectivity index (χ0n) is 14.5. The van der Waals surface area contributed by atoms with Crippen LogP contribution in [0.1, 0.15) is 21.5 Å². The molecule has 0 fully saturated rings. The smallest absolute Gasteiger partial charge is 0.330 e. The van der Waals surface area contributed by atoms with Crippen LogP contribution in [-0.2, 0) is 16.1 Å². The van der Waals surface area contributed by atoms with Crippen molar-refractivity contribution in [1.82, 2.24) is 20.2 Å². The van der Waals surface area contributed by atoms with Gasteiger partial charge in [0, 0.05) is 11.1 Å². The number of aromatic nitrogens is 4. The molecule has 132 valence electrons. The van der Waals surface area contributed by atoms with Crippen molar-refractivity contribution >= 4 is 11.8 Å². The predicted octanol–water partition coefficient (Wildman–Crippen LogP) is 2.38. The van der Waals surface area contributed by atoms with Gasteiger partial charge in [0.25, 0.3) is 0 Å². The first-order valence-corrected chi connectivity index (χ1v) is 8.11. The summed E-state index contributed by atoms with van der Waals surface area (Å²) in [5, 5.41) is 11.9. The Labute approximate surface area is 150 Å².